The average Bonchev–Trinajstić information content (AvgIpc) is 3.43. The predicted octanol–water partition coefficient (Wildman–Crippen LogP) is 5.34. The topological polar surface area (TPSA) is 82.0 Å². The van der Waals surface area contributed by atoms with E-state index in [1.165, 1.54) is 24.8 Å². The van der Waals surface area contributed by atoms with E-state index in [2.05, 4.69) is 22.3 Å². The molecule has 8 heteroatoms. The average molecular weight is 506 g/mol. The van der Waals surface area contributed by atoms with Crippen LogP contribution in [0.15, 0.2) is 30.3 Å². The molecule has 1 amide bonds. The second kappa shape index (κ2) is 9.74. The Morgan fingerprint density at radius 2 is 1.78 bits per heavy atom. The number of fused-ring (bicyclic) bond motifs is 2. The zero-order chi connectivity index (χ0) is 26.3. The van der Waals surface area contributed by atoms with Crippen LogP contribution in [-0.2, 0) is 17.8 Å². The van der Waals surface area contributed by atoms with E-state index in [0.29, 0.717) is 40.4 Å². The van der Waals surface area contributed by atoms with E-state index < -0.39 is 11.7 Å². The Bertz CT molecular complexity index is 1360. The van der Waals surface area contributed by atoms with Gasteiger partial charge in [0.2, 0.25) is 0 Å². The Morgan fingerprint density at radius 3 is 2.46 bits per heavy atom. The third-order valence-corrected chi connectivity index (χ3v) is 6.99. The number of nitrogens with zero attached hydrogens (tertiary/aromatic N) is 2. The van der Waals surface area contributed by atoms with E-state index >= 15 is 0 Å². The molecule has 0 saturated carbocycles. The highest BCUT2D eigenvalue weighted by atomic mass is 16.6. The molecule has 0 aliphatic carbocycles. The highest BCUT2D eigenvalue weighted by Gasteiger charge is 2.32. The molecule has 0 atom stereocenters. The first-order valence-corrected chi connectivity index (χ1v) is 12.9. The van der Waals surface area contributed by atoms with Crippen LogP contribution >= 0.6 is 0 Å². The number of carbonyl (C=O) groups excluding carboxylic acids is 2. The molecule has 2 aliphatic heterocycles. The van der Waals surface area contributed by atoms with Gasteiger partial charge in [-0.3, -0.25) is 9.69 Å². The molecule has 3 heterocycles. The Balaban J connectivity index is 1.69. The number of hydrogen-bond donors (Lipinski definition) is 1. The maximum Gasteiger partial charge on any atom is 0.419 e. The van der Waals surface area contributed by atoms with Crippen molar-refractivity contribution in [2.24, 2.45) is 0 Å². The highest BCUT2D eigenvalue weighted by Crippen LogP contribution is 2.43. The first-order valence-electron chi connectivity index (χ1n) is 12.9. The lowest BCUT2D eigenvalue weighted by molar-refractivity contribution is 0.0547. The zero-order valence-electron chi connectivity index (χ0n) is 22.3. The van der Waals surface area contributed by atoms with Gasteiger partial charge in [0, 0.05) is 29.6 Å². The predicted molar refractivity (Wildman–Crippen MR) is 142 cm³/mol. The van der Waals surface area contributed by atoms with Gasteiger partial charge in [0.15, 0.2) is 11.5 Å². The monoisotopic (exact) mass is 505 g/mol. The minimum absolute atomic E-state index is 0.210. The summed E-state index contributed by atoms with van der Waals surface area (Å²) in [6, 6.07) is 9.92. The first-order chi connectivity index (χ1) is 17.7. The molecule has 196 valence electrons. The number of rotatable bonds is 5. The van der Waals surface area contributed by atoms with Crippen LogP contribution in [-0.4, -0.2) is 54.4 Å². The summed E-state index contributed by atoms with van der Waals surface area (Å²) in [5.41, 5.74) is 3.62. The number of piperidine rings is 1. The number of methoxy groups -OCH3 is 2. The minimum Gasteiger partial charge on any atom is -0.493 e. The van der Waals surface area contributed by atoms with E-state index in [9.17, 15) is 9.59 Å². The van der Waals surface area contributed by atoms with E-state index in [0.717, 1.165) is 30.5 Å². The Hall–Kier alpha value is -3.52. The molecule has 37 heavy (non-hydrogen) atoms. The number of amides is 1. The standard InChI is InChI=1S/C29H35N3O5/c1-29(2,3)37-28(34)32-22-10-9-18(17-31-11-7-6-8-12-31)13-19(22)14-23(32)20-15-24(35-4)26(36-5)21-16-30-27(33)25(20)21/h9-10,13-15H,6-8,11-12,16-17H2,1-5H3,(H,30,33). The van der Waals surface area contributed by atoms with Gasteiger partial charge in [-0.15, -0.1) is 0 Å². The molecule has 3 aromatic rings. The van der Waals surface area contributed by atoms with Crippen molar-refractivity contribution < 1.29 is 23.8 Å². The van der Waals surface area contributed by atoms with E-state index in [4.69, 9.17) is 14.2 Å². The van der Waals surface area contributed by atoms with E-state index in [1.807, 2.05) is 32.9 Å². The summed E-state index contributed by atoms with van der Waals surface area (Å²) in [5, 5.41) is 3.81. The normalized spacial score (nSPS) is 16.0. The smallest absolute Gasteiger partial charge is 0.419 e. The fourth-order valence-corrected chi connectivity index (χ4v) is 5.40. The number of nitrogens with one attached hydrogen (secondary N) is 1. The molecular formula is C29H35N3O5. The van der Waals surface area contributed by atoms with Gasteiger partial charge in [0.05, 0.1) is 31.0 Å². The summed E-state index contributed by atoms with van der Waals surface area (Å²) >= 11 is 0. The van der Waals surface area contributed by atoms with Crippen molar-refractivity contribution in [2.75, 3.05) is 27.3 Å². The largest absolute Gasteiger partial charge is 0.493 e. The molecule has 1 fully saturated rings. The Labute approximate surface area is 217 Å². The highest BCUT2D eigenvalue weighted by molar-refractivity contribution is 6.08. The Morgan fingerprint density at radius 1 is 1.03 bits per heavy atom. The maximum atomic E-state index is 13.6. The van der Waals surface area contributed by atoms with Crippen LogP contribution < -0.4 is 14.8 Å². The van der Waals surface area contributed by atoms with Gasteiger partial charge < -0.3 is 19.5 Å². The van der Waals surface area contributed by atoms with Crippen LogP contribution in [0.2, 0.25) is 0 Å². The van der Waals surface area contributed by atoms with Crippen molar-refractivity contribution in [3.05, 3.63) is 47.0 Å². The summed E-state index contributed by atoms with van der Waals surface area (Å²) < 4.78 is 18.6. The second-order valence-corrected chi connectivity index (χ2v) is 10.8. The van der Waals surface area contributed by atoms with Crippen molar-refractivity contribution in [1.82, 2.24) is 14.8 Å². The van der Waals surface area contributed by atoms with Crippen LogP contribution in [0.1, 0.15) is 61.5 Å². The third-order valence-electron chi connectivity index (χ3n) is 6.99. The van der Waals surface area contributed by atoms with Crippen molar-refractivity contribution in [3.63, 3.8) is 0 Å². The van der Waals surface area contributed by atoms with E-state index in [1.54, 1.807) is 24.9 Å². The minimum atomic E-state index is -0.684. The third kappa shape index (κ3) is 4.78. The SMILES string of the molecule is COc1cc(-c2cc3cc(CN4CCCCC4)ccc3n2C(=O)OC(C)(C)C)c2c(c1OC)CNC2=O. The van der Waals surface area contributed by atoms with Crippen molar-refractivity contribution in [1.29, 1.82) is 0 Å². The van der Waals surface area contributed by atoms with Crippen LogP contribution in [0.5, 0.6) is 11.5 Å². The summed E-state index contributed by atoms with van der Waals surface area (Å²) in [6.45, 7) is 8.94. The van der Waals surface area contributed by atoms with Crippen LogP contribution in [0.3, 0.4) is 0 Å². The molecule has 0 radical (unpaired) electrons. The maximum absolute atomic E-state index is 13.6. The fourth-order valence-electron chi connectivity index (χ4n) is 5.40. The van der Waals surface area contributed by atoms with Crippen LogP contribution in [0.25, 0.3) is 22.2 Å². The molecule has 1 saturated heterocycles. The van der Waals surface area contributed by atoms with Gasteiger partial charge in [0.25, 0.3) is 5.91 Å². The summed E-state index contributed by atoms with van der Waals surface area (Å²) in [4.78, 5) is 29.0. The summed E-state index contributed by atoms with van der Waals surface area (Å²) in [6.07, 6.45) is 3.26. The lowest BCUT2D eigenvalue weighted by Crippen LogP contribution is -2.29. The van der Waals surface area contributed by atoms with Gasteiger partial charge in [-0.2, -0.15) is 0 Å². The van der Waals surface area contributed by atoms with Gasteiger partial charge >= 0.3 is 6.09 Å². The number of ether oxygens (including phenoxy) is 3. The molecule has 0 unspecified atom stereocenters. The second-order valence-electron chi connectivity index (χ2n) is 10.8. The van der Waals surface area contributed by atoms with Crippen LogP contribution in [0, 0.1) is 0 Å². The van der Waals surface area contributed by atoms with Gasteiger partial charge in [0.1, 0.15) is 5.60 Å². The lowest BCUT2D eigenvalue weighted by Gasteiger charge is -2.26. The summed E-state index contributed by atoms with van der Waals surface area (Å²) in [5.74, 6) is 0.806. The van der Waals surface area contributed by atoms with Crippen LogP contribution in [0.4, 0.5) is 4.79 Å². The molecule has 5 rings (SSSR count). The molecule has 1 aromatic heterocycles. The van der Waals surface area contributed by atoms with Crippen molar-refractivity contribution in [3.8, 4) is 22.8 Å². The molecule has 1 N–H and O–H groups in total. The van der Waals surface area contributed by atoms with Gasteiger partial charge in [-0.1, -0.05) is 12.5 Å². The first kappa shape index (κ1) is 25.1. The number of benzene rings is 2. The molecule has 8 nitrogen and oxygen atoms in total. The Kier molecular flexibility index (Phi) is 6.62. The quantitative estimate of drug-likeness (QED) is 0.504. The number of carbonyl (C=O) groups is 2. The number of hydrogen-bond acceptors (Lipinski definition) is 6. The molecule has 2 aromatic carbocycles. The van der Waals surface area contributed by atoms with Gasteiger partial charge in [-0.05, 0) is 76.5 Å². The number of aromatic nitrogens is 1. The molecular weight excluding hydrogens is 470 g/mol. The van der Waals surface area contributed by atoms with E-state index in [-0.39, 0.29) is 5.91 Å². The van der Waals surface area contributed by atoms with Gasteiger partial charge in [-0.25, -0.2) is 9.36 Å². The number of likely N-dealkylation sites (tertiary alicyclic amines) is 1. The molecule has 2 aliphatic rings. The molecule has 0 bridgehead atoms. The lowest BCUT2D eigenvalue weighted by atomic mass is 9.98. The zero-order valence-corrected chi connectivity index (χ0v) is 22.3. The van der Waals surface area contributed by atoms with Crippen molar-refractivity contribution in [2.45, 2.75) is 58.7 Å². The summed E-state index contributed by atoms with van der Waals surface area (Å²) in [7, 11) is 3.12. The van der Waals surface area contributed by atoms with Crippen molar-refractivity contribution >= 4 is 22.9 Å². The fraction of sp³-hybridized carbons (Fsp3) is 0.448. The molecule has 0 spiro atoms.